The van der Waals surface area contributed by atoms with Crippen LogP contribution in [-0.2, 0) is 19.1 Å². The number of hydrogen-bond donors (Lipinski definition) is 0. The van der Waals surface area contributed by atoms with Gasteiger partial charge < -0.3 is 9.47 Å². The van der Waals surface area contributed by atoms with E-state index in [1.54, 1.807) is 0 Å². The Balaban J connectivity index is 2.28. The van der Waals surface area contributed by atoms with E-state index in [-0.39, 0.29) is 30.9 Å². The molecule has 0 aliphatic heterocycles. The van der Waals surface area contributed by atoms with Crippen molar-refractivity contribution in [3.63, 3.8) is 0 Å². The molecule has 1 saturated carbocycles. The zero-order chi connectivity index (χ0) is 12.8. The Labute approximate surface area is 103 Å². The topological polar surface area (TPSA) is 52.6 Å². The van der Waals surface area contributed by atoms with Crippen LogP contribution in [0.15, 0.2) is 0 Å². The first-order chi connectivity index (χ1) is 8.01. The molecule has 4 nitrogen and oxygen atoms in total. The van der Waals surface area contributed by atoms with Crippen LogP contribution < -0.4 is 0 Å². The summed E-state index contributed by atoms with van der Waals surface area (Å²) in [4.78, 5) is 22.4. The summed E-state index contributed by atoms with van der Waals surface area (Å²) < 4.78 is 9.86. The van der Waals surface area contributed by atoms with Gasteiger partial charge in [0.15, 0.2) is 0 Å². The summed E-state index contributed by atoms with van der Waals surface area (Å²) in [5.41, 5.74) is 0. The van der Waals surface area contributed by atoms with E-state index in [1.807, 2.05) is 0 Å². The summed E-state index contributed by atoms with van der Waals surface area (Å²) in [6, 6.07) is 0. The lowest BCUT2D eigenvalue weighted by Gasteiger charge is -2.30. The SMILES string of the molecule is COC(=O)CCC(=O)O[C@@H]1C[C@H](C)C[C@H](C)C1. The van der Waals surface area contributed by atoms with Crippen LogP contribution in [0.25, 0.3) is 0 Å². The lowest BCUT2D eigenvalue weighted by molar-refractivity contribution is -0.155. The highest BCUT2D eigenvalue weighted by Gasteiger charge is 2.26. The van der Waals surface area contributed by atoms with Gasteiger partial charge in [-0.05, 0) is 31.1 Å². The molecule has 0 unspecified atom stereocenters. The Morgan fingerprint density at radius 2 is 1.53 bits per heavy atom. The molecular weight excluding hydrogens is 220 g/mol. The third-order valence-corrected chi connectivity index (χ3v) is 3.19. The van der Waals surface area contributed by atoms with Crippen LogP contribution >= 0.6 is 0 Å². The molecule has 1 aliphatic rings. The van der Waals surface area contributed by atoms with Gasteiger partial charge in [-0.25, -0.2) is 0 Å². The third kappa shape index (κ3) is 5.20. The van der Waals surface area contributed by atoms with E-state index in [0.29, 0.717) is 11.8 Å². The van der Waals surface area contributed by atoms with Gasteiger partial charge >= 0.3 is 11.9 Å². The Bertz CT molecular complexity index is 265. The molecule has 1 rings (SSSR count). The first kappa shape index (κ1) is 14.0. The van der Waals surface area contributed by atoms with Crippen LogP contribution in [0.1, 0.15) is 46.0 Å². The minimum Gasteiger partial charge on any atom is -0.469 e. The van der Waals surface area contributed by atoms with E-state index in [0.717, 1.165) is 12.8 Å². The van der Waals surface area contributed by atoms with Gasteiger partial charge in [-0.2, -0.15) is 0 Å². The average Bonchev–Trinajstić information content (AvgIpc) is 2.24. The van der Waals surface area contributed by atoms with Crippen molar-refractivity contribution < 1.29 is 19.1 Å². The van der Waals surface area contributed by atoms with Crippen LogP contribution in [-0.4, -0.2) is 25.2 Å². The first-order valence-electron chi connectivity index (χ1n) is 6.27. The molecule has 0 bridgehead atoms. The highest BCUT2D eigenvalue weighted by atomic mass is 16.5. The van der Waals surface area contributed by atoms with Gasteiger partial charge in [-0.1, -0.05) is 13.8 Å². The molecule has 0 amide bonds. The second kappa shape index (κ2) is 6.62. The fourth-order valence-corrected chi connectivity index (χ4v) is 2.52. The lowest BCUT2D eigenvalue weighted by atomic mass is 9.82. The molecule has 0 aromatic heterocycles. The predicted octanol–water partition coefficient (Wildman–Crippen LogP) is 2.31. The number of methoxy groups -OCH3 is 1. The molecule has 0 radical (unpaired) electrons. The van der Waals surface area contributed by atoms with Gasteiger partial charge in [0.2, 0.25) is 0 Å². The summed E-state index contributed by atoms with van der Waals surface area (Å²) in [5, 5.41) is 0. The molecule has 1 fully saturated rings. The van der Waals surface area contributed by atoms with Crippen LogP contribution in [0.3, 0.4) is 0 Å². The Morgan fingerprint density at radius 1 is 1.00 bits per heavy atom. The largest absolute Gasteiger partial charge is 0.469 e. The van der Waals surface area contributed by atoms with E-state index in [4.69, 9.17) is 4.74 Å². The van der Waals surface area contributed by atoms with Gasteiger partial charge in [-0.15, -0.1) is 0 Å². The van der Waals surface area contributed by atoms with Crippen molar-refractivity contribution in [2.24, 2.45) is 11.8 Å². The molecule has 98 valence electrons. The van der Waals surface area contributed by atoms with E-state index in [2.05, 4.69) is 18.6 Å². The maximum absolute atomic E-state index is 11.5. The van der Waals surface area contributed by atoms with E-state index < -0.39 is 0 Å². The van der Waals surface area contributed by atoms with Crippen LogP contribution in [0, 0.1) is 11.8 Å². The second-order valence-electron chi connectivity index (χ2n) is 5.11. The zero-order valence-corrected chi connectivity index (χ0v) is 10.9. The maximum atomic E-state index is 11.5. The van der Waals surface area contributed by atoms with Gasteiger partial charge in [-0.3, -0.25) is 9.59 Å². The normalized spacial score (nSPS) is 28.5. The van der Waals surface area contributed by atoms with Gasteiger partial charge in [0.25, 0.3) is 0 Å². The standard InChI is InChI=1S/C13H22O4/c1-9-6-10(2)8-11(7-9)17-13(15)5-4-12(14)16-3/h9-11H,4-8H2,1-3H3/t9-,10+,11-. The van der Waals surface area contributed by atoms with Crippen molar-refractivity contribution in [2.45, 2.75) is 52.1 Å². The van der Waals surface area contributed by atoms with Crippen molar-refractivity contribution in [1.29, 1.82) is 0 Å². The number of carbonyl (C=O) groups is 2. The van der Waals surface area contributed by atoms with Gasteiger partial charge in [0, 0.05) is 0 Å². The molecule has 17 heavy (non-hydrogen) atoms. The Morgan fingerprint density at radius 3 is 2.06 bits per heavy atom. The molecule has 0 heterocycles. The van der Waals surface area contributed by atoms with Crippen molar-refractivity contribution >= 4 is 11.9 Å². The minimum absolute atomic E-state index is 0.0268. The first-order valence-corrected chi connectivity index (χ1v) is 6.27. The van der Waals surface area contributed by atoms with Crippen molar-refractivity contribution in [1.82, 2.24) is 0 Å². The molecule has 3 atom stereocenters. The predicted molar refractivity (Wildman–Crippen MR) is 63.3 cm³/mol. The van der Waals surface area contributed by atoms with E-state index in [9.17, 15) is 9.59 Å². The molecule has 0 N–H and O–H groups in total. The second-order valence-corrected chi connectivity index (χ2v) is 5.11. The van der Waals surface area contributed by atoms with E-state index >= 15 is 0 Å². The summed E-state index contributed by atoms with van der Waals surface area (Å²) in [5.74, 6) is 0.559. The summed E-state index contributed by atoms with van der Waals surface area (Å²) in [7, 11) is 1.32. The zero-order valence-electron chi connectivity index (χ0n) is 10.9. The molecule has 0 aromatic rings. The van der Waals surface area contributed by atoms with E-state index in [1.165, 1.54) is 13.5 Å². The van der Waals surface area contributed by atoms with Crippen molar-refractivity contribution in [3.8, 4) is 0 Å². The number of ether oxygens (including phenoxy) is 2. The fraction of sp³-hybridized carbons (Fsp3) is 0.846. The number of rotatable bonds is 4. The van der Waals surface area contributed by atoms with Crippen molar-refractivity contribution in [2.75, 3.05) is 7.11 Å². The number of carbonyl (C=O) groups excluding carboxylic acids is 2. The van der Waals surface area contributed by atoms with Crippen molar-refractivity contribution in [3.05, 3.63) is 0 Å². The maximum Gasteiger partial charge on any atom is 0.306 e. The molecular formula is C13H22O4. The average molecular weight is 242 g/mol. The fourth-order valence-electron chi connectivity index (χ4n) is 2.52. The molecule has 0 spiro atoms. The summed E-state index contributed by atoms with van der Waals surface area (Å²) in [6.07, 6.45) is 3.33. The number of hydrogen-bond acceptors (Lipinski definition) is 4. The highest BCUT2D eigenvalue weighted by Crippen LogP contribution is 2.30. The summed E-state index contributed by atoms with van der Waals surface area (Å²) in [6.45, 7) is 4.37. The number of esters is 2. The Kier molecular flexibility index (Phi) is 5.45. The quantitative estimate of drug-likeness (QED) is 0.710. The summed E-state index contributed by atoms with van der Waals surface area (Å²) >= 11 is 0. The minimum atomic E-state index is -0.368. The van der Waals surface area contributed by atoms with Crippen LogP contribution in [0.4, 0.5) is 0 Å². The third-order valence-electron chi connectivity index (χ3n) is 3.19. The van der Waals surface area contributed by atoms with Crippen LogP contribution in [0.2, 0.25) is 0 Å². The monoisotopic (exact) mass is 242 g/mol. The lowest BCUT2D eigenvalue weighted by Crippen LogP contribution is -2.28. The molecule has 4 heteroatoms. The smallest absolute Gasteiger partial charge is 0.306 e. The molecule has 1 aliphatic carbocycles. The Hall–Kier alpha value is -1.06. The van der Waals surface area contributed by atoms with Gasteiger partial charge in [0.1, 0.15) is 6.10 Å². The molecule has 0 aromatic carbocycles. The van der Waals surface area contributed by atoms with Crippen LogP contribution in [0.5, 0.6) is 0 Å². The highest BCUT2D eigenvalue weighted by molar-refractivity contribution is 5.77. The van der Waals surface area contributed by atoms with Gasteiger partial charge in [0.05, 0.1) is 20.0 Å². The molecule has 0 saturated heterocycles.